The van der Waals surface area contributed by atoms with Gasteiger partial charge < -0.3 is 15.4 Å². The Bertz CT molecular complexity index is 536. The van der Waals surface area contributed by atoms with Crippen LogP contribution < -0.4 is 10.6 Å². The number of morpholine rings is 1. The summed E-state index contributed by atoms with van der Waals surface area (Å²) in [6.07, 6.45) is 3.72. The topological polar surface area (TPSA) is 48.9 Å². The first kappa shape index (κ1) is 18.2. The molecule has 0 radical (unpaired) electrons. The molecule has 2 fully saturated rings. The summed E-state index contributed by atoms with van der Waals surface area (Å²) >= 11 is 0. The summed E-state index contributed by atoms with van der Waals surface area (Å²) < 4.78 is 5.40. The maximum atomic E-state index is 5.40. The van der Waals surface area contributed by atoms with Crippen molar-refractivity contribution in [2.45, 2.75) is 26.2 Å². The maximum Gasteiger partial charge on any atom is 0.191 e. The molecule has 2 aliphatic rings. The van der Waals surface area contributed by atoms with Gasteiger partial charge in [0.05, 0.1) is 13.2 Å². The lowest BCUT2D eigenvalue weighted by Crippen LogP contribution is -2.44. The van der Waals surface area contributed by atoms with Crippen LogP contribution in [0.15, 0.2) is 35.3 Å². The minimum absolute atomic E-state index is 0.383. The van der Waals surface area contributed by atoms with Gasteiger partial charge in [0.2, 0.25) is 0 Å². The first-order chi connectivity index (χ1) is 12.3. The average Bonchev–Trinajstić information content (AvgIpc) is 3.41. The van der Waals surface area contributed by atoms with Crippen molar-refractivity contribution in [2.24, 2.45) is 10.4 Å². The zero-order chi connectivity index (χ0) is 17.4. The van der Waals surface area contributed by atoms with Crippen molar-refractivity contribution in [3.8, 4) is 0 Å². The molecule has 0 bridgehead atoms. The lowest BCUT2D eigenvalue weighted by molar-refractivity contribution is 0.0389. The molecule has 2 N–H and O–H groups in total. The fraction of sp³-hybridized carbons (Fsp3) is 0.650. The molecule has 1 aromatic rings. The van der Waals surface area contributed by atoms with Crippen molar-refractivity contribution in [1.29, 1.82) is 0 Å². The van der Waals surface area contributed by atoms with Crippen LogP contribution in [0.1, 0.15) is 25.3 Å². The van der Waals surface area contributed by atoms with Crippen LogP contribution in [-0.4, -0.2) is 63.3 Å². The van der Waals surface area contributed by atoms with Gasteiger partial charge in [-0.15, -0.1) is 0 Å². The first-order valence-corrected chi connectivity index (χ1v) is 9.66. The number of hydrogen-bond acceptors (Lipinski definition) is 3. The van der Waals surface area contributed by atoms with Crippen LogP contribution in [-0.2, 0) is 11.2 Å². The number of nitrogens with one attached hydrogen (secondary N) is 2. The number of guanidine groups is 1. The smallest absolute Gasteiger partial charge is 0.191 e. The van der Waals surface area contributed by atoms with Gasteiger partial charge in [0.25, 0.3) is 0 Å². The second kappa shape index (κ2) is 9.20. The van der Waals surface area contributed by atoms with Crippen LogP contribution in [0.4, 0.5) is 0 Å². The number of ether oxygens (including phenoxy) is 1. The molecule has 1 heterocycles. The average molecular weight is 345 g/mol. The van der Waals surface area contributed by atoms with Gasteiger partial charge >= 0.3 is 0 Å². The molecule has 1 saturated heterocycles. The SMILES string of the molecule is CCNC(=NCC1(Cc2ccccc2)CC1)NCCN1CCOCC1. The van der Waals surface area contributed by atoms with Crippen molar-refractivity contribution in [2.75, 3.05) is 52.5 Å². The Hall–Kier alpha value is -1.59. The van der Waals surface area contributed by atoms with Crippen molar-refractivity contribution >= 4 is 5.96 Å². The van der Waals surface area contributed by atoms with Gasteiger partial charge in [-0.25, -0.2) is 0 Å². The standard InChI is InChI=1S/C20H32N4O/c1-2-21-19(22-10-11-24-12-14-25-15-13-24)23-17-20(8-9-20)16-18-6-4-3-5-7-18/h3-7H,2,8-17H2,1H3,(H2,21,22,23). The van der Waals surface area contributed by atoms with Crippen molar-refractivity contribution in [3.63, 3.8) is 0 Å². The highest BCUT2D eigenvalue weighted by Crippen LogP contribution is 2.48. The maximum absolute atomic E-state index is 5.40. The number of nitrogens with zero attached hydrogens (tertiary/aromatic N) is 2. The van der Waals surface area contributed by atoms with Crippen molar-refractivity contribution < 1.29 is 4.74 Å². The molecule has 0 amide bonds. The third kappa shape index (κ3) is 6.01. The zero-order valence-corrected chi connectivity index (χ0v) is 15.5. The molecule has 3 rings (SSSR count). The highest BCUT2D eigenvalue weighted by molar-refractivity contribution is 5.79. The Labute approximate surface area is 151 Å². The molecule has 0 spiro atoms. The molecule has 0 atom stereocenters. The fourth-order valence-corrected chi connectivity index (χ4v) is 3.34. The summed E-state index contributed by atoms with van der Waals surface area (Å²) in [7, 11) is 0. The Kier molecular flexibility index (Phi) is 6.70. The third-order valence-electron chi connectivity index (χ3n) is 5.12. The Balaban J connectivity index is 1.46. The number of aliphatic imine (C=N–C) groups is 1. The molecule has 1 aromatic carbocycles. The summed E-state index contributed by atoms with van der Waals surface area (Å²) in [6.45, 7) is 9.69. The molecule has 5 heteroatoms. The molecule has 1 aliphatic carbocycles. The van der Waals surface area contributed by atoms with Crippen LogP contribution >= 0.6 is 0 Å². The molecule has 1 aliphatic heterocycles. The Morgan fingerprint density at radius 2 is 1.92 bits per heavy atom. The normalized spacial score (nSPS) is 20.3. The van der Waals surface area contributed by atoms with Crippen molar-refractivity contribution in [3.05, 3.63) is 35.9 Å². The molecule has 5 nitrogen and oxygen atoms in total. The quantitative estimate of drug-likeness (QED) is 0.559. The highest BCUT2D eigenvalue weighted by Gasteiger charge is 2.42. The van der Waals surface area contributed by atoms with Gasteiger partial charge in [0.1, 0.15) is 0 Å². The first-order valence-electron chi connectivity index (χ1n) is 9.66. The Morgan fingerprint density at radius 3 is 2.60 bits per heavy atom. The zero-order valence-electron chi connectivity index (χ0n) is 15.5. The van der Waals surface area contributed by atoms with E-state index in [1.165, 1.54) is 18.4 Å². The fourth-order valence-electron chi connectivity index (χ4n) is 3.34. The van der Waals surface area contributed by atoms with E-state index in [9.17, 15) is 0 Å². The van der Waals surface area contributed by atoms with E-state index in [-0.39, 0.29) is 0 Å². The van der Waals surface area contributed by atoms with Crippen LogP contribution in [0.5, 0.6) is 0 Å². The van der Waals surface area contributed by atoms with E-state index in [1.807, 2.05) is 0 Å². The third-order valence-corrected chi connectivity index (χ3v) is 5.12. The summed E-state index contributed by atoms with van der Waals surface area (Å²) in [5.74, 6) is 0.954. The van der Waals surface area contributed by atoms with E-state index in [1.54, 1.807) is 0 Å². The lowest BCUT2D eigenvalue weighted by atomic mass is 9.97. The van der Waals surface area contributed by atoms with Crippen LogP contribution in [0.3, 0.4) is 0 Å². The summed E-state index contributed by atoms with van der Waals surface area (Å²) in [5, 5.41) is 6.87. The predicted molar refractivity (Wildman–Crippen MR) is 103 cm³/mol. The summed E-state index contributed by atoms with van der Waals surface area (Å²) in [6, 6.07) is 10.8. The number of rotatable bonds is 8. The molecule has 0 unspecified atom stereocenters. The van der Waals surface area contributed by atoms with Gasteiger partial charge in [-0.1, -0.05) is 30.3 Å². The largest absolute Gasteiger partial charge is 0.379 e. The van der Waals surface area contributed by atoms with Crippen LogP contribution in [0.2, 0.25) is 0 Å². The second-order valence-corrected chi connectivity index (χ2v) is 7.24. The van der Waals surface area contributed by atoms with Crippen molar-refractivity contribution in [1.82, 2.24) is 15.5 Å². The second-order valence-electron chi connectivity index (χ2n) is 7.24. The lowest BCUT2D eigenvalue weighted by Gasteiger charge is -2.26. The molecule has 0 aromatic heterocycles. The molecular weight excluding hydrogens is 312 g/mol. The van der Waals surface area contributed by atoms with Crippen LogP contribution in [0.25, 0.3) is 0 Å². The van der Waals surface area contributed by atoms with E-state index in [2.05, 4.69) is 52.8 Å². The molecule has 25 heavy (non-hydrogen) atoms. The van der Waals surface area contributed by atoms with E-state index < -0.39 is 0 Å². The highest BCUT2D eigenvalue weighted by atomic mass is 16.5. The molecule has 138 valence electrons. The molecular formula is C20H32N4O. The van der Waals surface area contributed by atoms with Gasteiger partial charge in [-0.3, -0.25) is 9.89 Å². The van der Waals surface area contributed by atoms with E-state index >= 15 is 0 Å². The number of benzene rings is 1. The molecule has 1 saturated carbocycles. The van der Waals surface area contributed by atoms with Crippen LogP contribution in [0, 0.1) is 5.41 Å². The van der Waals surface area contributed by atoms with E-state index in [4.69, 9.17) is 9.73 Å². The Morgan fingerprint density at radius 1 is 1.16 bits per heavy atom. The van der Waals surface area contributed by atoms with E-state index in [0.29, 0.717) is 5.41 Å². The summed E-state index contributed by atoms with van der Waals surface area (Å²) in [5.41, 5.74) is 1.81. The minimum atomic E-state index is 0.383. The van der Waals surface area contributed by atoms with Gasteiger partial charge in [0.15, 0.2) is 5.96 Å². The van der Waals surface area contributed by atoms with Gasteiger partial charge in [-0.05, 0) is 37.2 Å². The van der Waals surface area contributed by atoms with Gasteiger partial charge in [-0.2, -0.15) is 0 Å². The van der Waals surface area contributed by atoms with Gasteiger partial charge in [0, 0.05) is 39.3 Å². The summed E-state index contributed by atoms with van der Waals surface area (Å²) in [4.78, 5) is 7.32. The minimum Gasteiger partial charge on any atom is -0.379 e. The van der Waals surface area contributed by atoms with E-state index in [0.717, 1.165) is 64.9 Å². The monoisotopic (exact) mass is 344 g/mol. The predicted octanol–water partition coefficient (Wildman–Crippen LogP) is 1.90. The number of hydrogen-bond donors (Lipinski definition) is 2.